The summed E-state index contributed by atoms with van der Waals surface area (Å²) in [7, 11) is 0. The third-order valence-electron chi connectivity index (χ3n) is 4.86. The van der Waals surface area contributed by atoms with Crippen LogP contribution in [0.1, 0.15) is 27.2 Å². The summed E-state index contributed by atoms with van der Waals surface area (Å²) < 4.78 is 0. The molecule has 1 atom stereocenters. The average Bonchev–Trinajstić information content (AvgIpc) is 3.25. The molecule has 0 spiro atoms. The Labute approximate surface area is 135 Å². The highest BCUT2D eigenvalue weighted by atomic mass is 32.1. The molecule has 0 saturated carbocycles. The number of rotatable bonds is 2. The molecular weight excluding hydrogens is 292 g/mol. The lowest BCUT2D eigenvalue weighted by Gasteiger charge is -2.33. The first-order valence-electron chi connectivity index (χ1n) is 7.95. The van der Waals surface area contributed by atoms with E-state index in [9.17, 15) is 4.79 Å². The number of carbonyl (C=O) groups is 1. The maximum Gasteiger partial charge on any atom is 0.263 e. The zero-order valence-electron chi connectivity index (χ0n) is 12.6. The van der Waals surface area contributed by atoms with Crippen LogP contribution in [0.2, 0.25) is 0 Å². The summed E-state index contributed by atoms with van der Waals surface area (Å²) in [5, 5.41) is 1.97. The maximum absolute atomic E-state index is 12.5. The van der Waals surface area contributed by atoms with Gasteiger partial charge in [0.15, 0.2) is 0 Å². The largest absolute Gasteiger partial charge is 0.336 e. The van der Waals surface area contributed by atoms with Gasteiger partial charge >= 0.3 is 0 Å². The molecule has 3 heterocycles. The molecule has 2 aliphatic heterocycles. The van der Waals surface area contributed by atoms with Crippen LogP contribution >= 0.6 is 11.3 Å². The van der Waals surface area contributed by atoms with E-state index in [1.807, 2.05) is 22.4 Å². The second kappa shape index (κ2) is 5.86. The molecule has 0 unspecified atom stereocenters. The van der Waals surface area contributed by atoms with E-state index in [4.69, 9.17) is 0 Å². The van der Waals surface area contributed by atoms with Crippen LogP contribution in [0.5, 0.6) is 0 Å². The highest BCUT2D eigenvalue weighted by Crippen LogP contribution is 2.25. The van der Waals surface area contributed by atoms with Crippen LogP contribution in [-0.2, 0) is 13.0 Å². The normalized spacial score (nSPS) is 21.8. The van der Waals surface area contributed by atoms with Crippen molar-refractivity contribution in [2.75, 3.05) is 19.6 Å². The van der Waals surface area contributed by atoms with E-state index in [1.54, 1.807) is 11.3 Å². The fourth-order valence-corrected chi connectivity index (χ4v) is 4.30. The molecule has 0 bridgehead atoms. The van der Waals surface area contributed by atoms with Crippen LogP contribution in [0, 0.1) is 0 Å². The molecule has 1 amide bonds. The van der Waals surface area contributed by atoms with Crippen molar-refractivity contribution in [1.29, 1.82) is 0 Å². The number of carbonyl (C=O) groups excluding carboxylic acids is 1. The van der Waals surface area contributed by atoms with Gasteiger partial charge in [0.25, 0.3) is 5.91 Å². The molecule has 1 saturated heterocycles. The first-order chi connectivity index (χ1) is 10.8. The van der Waals surface area contributed by atoms with Crippen molar-refractivity contribution in [3.63, 3.8) is 0 Å². The van der Waals surface area contributed by atoms with Crippen LogP contribution in [0.4, 0.5) is 0 Å². The molecule has 2 aromatic rings. The Morgan fingerprint density at radius 3 is 2.77 bits per heavy atom. The third-order valence-corrected chi connectivity index (χ3v) is 5.72. The fourth-order valence-electron chi connectivity index (χ4n) is 3.61. The van der Waals surface area contributed by atoms with E-state index >= 15 is 0 Å². The van der Waals surface area contributed by atoms with E-state index in [2.05, 4.69) is 29.2 Å². The predicted octanol–water partition coefficient (Wildman–Crippen LogP) is 3.02. The van der Waals surface area contributed by atoms with E-state index in [0.717, 1.165) is 43.9 Å². The molecule has 0 radical (unpaired) electrons. The molecule has 1 fully saturated rings. The number of likely N-dealkylation sites (tertiary alicyclic amines) is 1. The van der Waals surface area contributed by atoms with Gasteiger partial charge in [0.05, 0.1) is 4.88 Å². The molecule has 1 aromatic carbocycles. The smallest absolute Gasteiger partial charge is 0.263 e. The number of thiophene rings is 1. The van der Waals surface area contributed by atoms with Gasteiger partial charge < -0.3 is 4.90 Å². The minimum atomic E-state index is 0.204. The van der Waals surface area contributed by atoms with E-state index in [0.29, 0.717) is 6.04 Å². The number of nitrogens with zero attached hydrogens (tertiary/aromatic N) is 2. The average molecular weight is 312 g/mol. The number of amides is 1. The van der Waals surface area contributed by atoms with Crippen LogP contribution in [-0.4, -0.2) is 41.4 Å². The van der Waals surface area contributed by atoms with Crippen LogP contribution in [0.15, 0.2) is 41.8 Å². The van der Waals surface area contributed by atoms with Gasteiger partial charge in [0.2, 0.25) is 0 Å². The summed E-state index contributed by atoms with van der Waals surface area (Å²) in [6, 6.07) is 13.1. The summed E-state index contributed by atoms with van der Waals surface area (Å²) in [5.74, 6) is 0.204. The molecule has 0 N–H and O–H groups in total. The Hall–Kier alpha value is -1.65. The van der Waals surface area contributed by atoms with Gasteiger partial charge in [-0.05, 0) is 35.4 Å². The lowest BCUT2D eigenvalue weighted by atomic mass is 9.98. The summed E-state index contributed by atoms with van der Waals surface area (Å²) in [6.45, 7) is 3.91. The monoisotopic (exact) mass is 312 g/mol. The van der Waals surface area contributed by atoms with Gasteiger partial charge in [-0.2, -0.15) is 0 Å². The Morgan fingerprint density at radius 1 is 1.09 bits per heavy atom. The van der Waals surface area contributed by atoms with Crippen molar-refractivity contribution in [1.82, 2.24) is 9.80 Å². The van der Waals surface area contributed by atoms with Gasteiger partial charge in [-0.3, -0.25) is 9.69 Å². The van der Waals surface area contributed by atoms with Gasteiger partial charge in [-0.15, -0.1) is 11.3 Å². The van der Waals surface area contributed by atoms with E-state index in [1.165, 1.54) is 11.1 Å². The highest BCUT2D eigenvalue weighted by molar-refractivity contribution is 7.12. The molecule has 2 aliphatic rings. The molecule has 4 rings (SSSR count). The molecule has 0 aliphatic carbocycles. The Kier molecular flexibility index (Phi) is 3.72. The predicted molar refractivity (Wildman–Crippen MR) is 89.2 cm³/mol. The molecule has 4 heteroatoms. The topological polar surface area (TPSA) is 23.6 Å². The molecule has 114 valence electrons. The standard InChI is InChI=1S/C18H20N2OS/c21-18(17-6-3-11-22-17)20-10-8-16(13-20)19-9-7-14-4-1-2-5-15(14)12-19/h1-6,11,16H,7-10,12-13H2/t16-/m0/s1. The van der Waals surface area contributed by atoms with Gasteiger partial charge in [-0.25, -0.2) is 0 Å². The lowest BCUT2D eigenvalue weighted by Crippen LogP contribution is -2.41. The molecule has 1 aromatic heterocycles. The summed E-state index contributed by atoms with van der Waals surface area (Å²) >= 11 is 1.54. The Bertz CT molecular complexity index is 667. The number of hydrogen-bond donors (Lipinski definition) is 0. The van der Waals surface area contributed by atoms with Crippen molar-refractivity contribution >= 4 is 17.2 Å². The minimum absolute atomic E-state index is 0.204. The van der Waals surface area contributed by atoms with Crippen molar-refractivity contribution in [2.24, 2.45) is 0 Å². The van der Waals surface area contributed by atoms with Crippen molar-refractivity contribution in [2.45, 2.75) is 25.4 Å². The number of fused-ring (bicyclic) bond motifs is 1. The van der Waals surface area contributed by atoms with Gasteiger partial charge in [0.1, 0.15) is 0 Å². The quantitative estimate of drug-likeness (QED) is 0.851. The zero-order chi connectivity index (χ0) is 14.9. The zero-order valence-corrected chi connectivity index (χ0v) is 13.4. The van der Waals surface area contributed by atoms with Crippen molar-refractivity contribution in [3.05, 3.63) is 57.8 Å². The molecular formula is C18H20N2OS. The molecule has 22 heavy (non-hydrogen) atoms. The summed E-state index contributed by atoms with van der Waals surface area (Å²) in [5.41, 5.74) is 2.94. The first-order valence-corrected chi connectivity index (χ1v) is 8.83. The van der Waals surface area contributed by atoms with E-state index < -0.39 is 0 Å². The molecule has 3 nitrogen and oxygen atoms in total. The summed E-state index contributed by atoms with van der Waals surface area (Å²) in [6.07, 6.45) is 2.23. The number of benzene rings is 1. The van der Waals surface area contributed by atoms with Crippen LogP contribution < -0.4 is 0 Å². The fraction of sp³-hybridized carbons (Fsp3) is 0.389. The van der Waals surface area contributed by atoms with Crippen molar-refractivity contribution in [3.8, 4) is 0 Å². The summed E-state index contributed by atoms with van der Waals surface area (Å²) in [4.78, 5) is 17.9. The van der Waals surface area contributed by atoms with Crippen molar-refractivity contribution < 1.29 is 4.79 Å². The van der Waals surface area contributed by atoms with Crippen LogP contribution in [0.3, 0.4) is 0 Å². The second-order valence-electron chi connectivity index (χ2n) is 6.16. The maximum atomic E-state index is 12.5. The first kappa shape index (κ1) is 14.0. The second-order valence-corrected chi connectivity index (χ2v) is 7.11. The highest BCUT2D eigenvalue weighted by Gasteiger charge is 2.32. The van der Waals surface area contributed by atoms with Gasteiger partial charge in [0, 0.05) is 32.2 Å². The van der Waals surface area contributed by atoms with Gasteiger partial charge in [-0.1, -0.05) is 30.3 Å². The number of hydrogen-bond acceptors (Lipinski definition) is 3. The third kappa shape index (κ3) is 2.57. The lowest BCUT2D eigenvalue weighted by molar-refractivity contribution is 0.0778. The van der Waals surface area contributed by atoms with Crippen LogP contribution in [0.25, 0.3) is 0 Å². The minimum Gasteiger partial charge on any atom is -0.336 e. The van der Waals surface area contributed by atoms with E-state index in [-0.39, 0.29) is 5.91 Å². The Balaban J connectivity index is 1.42. The SMILES string of the molecule is O=C(c1cccs1)N1CC[C@H](N2CCc3ccccc3C2)C1. The Morgan fingerprint density at radius 2 is 1.95 bits per heavy atom.